The van der Waals surface area contributed by atoms with Crippen molar-refractivity contribution in [3.05, 3.63) is 52.2 Å². The molecule has 20 heavy (non-hydrogen) atoms. The predicted octanol–water partition coefficient (Wildman–Crippen LogP) is 3.90. The number of amides is 1. The van der Waals surface area contributed by atoms with Crippen LogP contribution in [-0.2, 0) is 4.79 Å². The summed E-state index contributed by atoms with van der Waals surface area (Å²) in [7, 11) is 0. The molecule has 1 amide bonds. The molecule has 0 bridgehead atoms. The number of carbonyl (C=O) groups is 1. The van der Waals surface area contributed by atoms with Gasteiger partial charge in [-0.15, -0.1) is 0 Å². The monoisotopic (exact) mass is 354 g/mol. The lowest BCUT2D eigenvalue weighted by Crippen LogP contribution is -2.30. The number of ether oxygens (including phenoxy) is 1. The Hall–Kier alpha value is -1.59. The Morgan fingerprint density at radius 3 is 2.65 bits per heavy atom. The minimum atomic E-state index is -0.685. The van der Waals surface area contributed by atoms with Gasteiger partial charge in [0, 0.05) is 5.69 Å². The van der Waals surface area contributed by atoms with Crippen LogP contribution in [0.2, 0.25) is 5.15 Å². The van der Waals surface area contributed by atoms with Crippen molar-refractivity contribution < 1.29 is 9.53 Å². The number of nitrogens with one attached hydrogen (secondary N) is 1. The molecule has 0 saturated carbocycles. The topological polar surface area (TPSA) is 51.2 Å². The molecular weight excluding hydrogens is 344 g/mol. The van der Waals surface area contributed by atoms with Crippen LogP contribution >= 0.6 is 27.5 Å². The minimum absolute atomic E-state index is 0.207. The summed E-state index contributed by atoms with van der Waals surface area (Å²) in [6.07, 6.45) is -0.685. The summed E-state index contributed by atoms with van der Waals surface area (Å²) in [5, 5.41) is 2.96. The zero-order valence-electron chi connectivity index (χ0n) is 10.6. The summed E-state index contributed by atoms with van der Waals surface area (Å²) in [6, 6.07) is 12.5. The van der Waals surface area contributed by atoms with Gasteiger partial charge < -0.3 is 10.1 Å². The number of rotatable bonds is 4. The van der Waals surface area contributed by atoms with Gasteiger partial charge in [0.25, 0.3) is 5.91 Å². The van der Waals surface area contributed by atoms with Crippen molar-refractivity contribution in [2.24, 2.45) is 0 Å². The van der Waals surface area contributed by atoms with Gasteiger partial charge in [-0.2, -0.15) is 0 Å². The van der Waals surface area contributed by atoms with E-state index < -0.39 is 6.10 Å². The quantitative estimate of drug-likeness (QED) is 0.846. The van der Waals surface area contributed by atoms with E-state index in [-0.39, 0.29) is 11.1 Å². The number of carbonyl (C=O) groups excluding carboxylic acids is 1. The van der Waals surface area contributed by atoms with E-state index in [0.29, 0.717) is 16.0 Å². The fourth-order valence-corrected chi connectivity index (χ4v) is 2.11. The zero-order valence-corrected chi connectivity index (χ0v) is 13.0. The molecule has 1 unspecified atom stereocenters. The van der Waals surface area contributed by atoms with Gasteiger partial charge >= 0.3 is 0 Å². The molecule has 1 aromatic heterocycles. The second-order valence-electron chi connectivity index (χ2n) is 4.04. The Balaban J connectivity index is 2.00. The van der Waals surface area contributed by atoms with E-state index in [1.54, 1.807) is 31.2 Å². The zero-order chi connectivity index (χ0) is 14.5. The van der Waals surface area contributed by atoms with Gasteiger partial charge in [0.1, 0.15) is 4.60 Å². The summed E-state index contributed by atoms with van der Waals surface area (Å²) < 4.78 is 6.11. The molecule has 0 aliphatic carbocycles. The van der Waals surface area contributed by atoms with E-state index >= 15 is 0 Å². The number of anilines is 1. The molecule has 104 valence electrons. The van der Waals surface area contributed by atoms with Gasteiger partial charge in [-0.3, -0.25) is 4.79 Å². The van der Waals surface area contributed by atoms with Crippen LogP contribution in [-0.4, -0.2) is 17.0 Å². The molecule has 2 rings (SSSR count). The van der Waals surface area contributed by atoms with Crippen molar-refractivity contribution in [1.29, 1.82) is 0 Å². The second-order valence-corrected chi connectivity index (χ2v) is 5.21. The largest absolute Gasteiger partial charge is 0.478 e. The van der Waals surface area contributed by atoms with E-state index in [0.717, 1.165) is 0 Å². The maximum absolute atomic E-state index is 12.0. The average Bonchev–Trinajstić information content (AvgIpc) is 2.43. The molecule has 2 aromatic rings. The lowest BCUT2D eigenvalue weighted by atomic mass is 10.3. The normalized spacial score (nSPS) is 11.8. The van der Waals surface area contributed by atoms with Crippen molar-refractivity contribution >= 4 is 39.1 Å². The molecule has 0 aliphatic rings. The summed E-state index contributed by atoms with van der Waals surface area (Å²) >= 11 is 9.15. The van der Waals surface area contributed by atoms with Crippen LogP contribution in [0.3, 0.4) is 0 Å². The Morgan fingerprint density at radius 1 is 1.30 bits per heavy atom. The summed E-state index contributed by atoms with van der Waals surface area (Å²) in [5.74, 6) is 0.112. The van der Waals surface area contributed by atoms with Crippen molar-refractivity contribution in [2.45, 2.75) is 13.0 Å². The highest BCUT2D eigenvalue weighted by molar-refractivity contribution is 9.10. The molecule has 6 heteroatoms. The SMILES string of the molecule is CC(Oc1ccc(Br)nc1Cl)C(=O)Nc1ccccc1. The van der Waals surface area contributed by atoms with E-state index in [9.17, 15) is 4.79 Å². The molecule has 0 saturated heterocycles. The van der Waals surface area contributed by atoms with Crippen LogP contribution in [0.5, 0.6) is 5.75 Å². The number of halogens is 2. The Kier molecular flexibility index (Phi) is 4.98. The van der Waals surface area contributed by atoms with E-state index in [1.165, 1.54) is 0 Å². The number of nitrogens with zero attached hydrogens (tertiary/aromatic N) is 1. The van der Waals surface area contributed by atoms with Crippen molar-refractivity contribution in [1.82, 2.24) is 4.98 Å². The highest BCUT2D eigenvalue weighted by atomic mass is 79.9. The van der Waals surface area contributed by atoms with Gasteiger partial charge in [0.05, 0.1) is 0 Å². The van der Waals surface area contributed by atoms with Gasteiger partial charge in [0.2, 0.25) is 0 Å². The van der Waals surface area contributed by atoms with Crippen LogP contribution in [0.4, 0.5) is 5.69 Å². The molecule has 4 nitrogen and oxygen atoms in total. The van der Waals surface area contributed by atoms with Gasteiger partial charge in [-0.05, 0) is 47.1 Å². The van der Waals surface area contributed by atoms with Crippen LogP contribution in [0.15, 0.2) is 47.1 Å². The van der Waals surface area contributed by atoms with Crippen LogP contribution in [0, 0.1) is 0 Å². The lowest BCUT2D eigenvalue weighted by Gasteiger charge is -2.15. The number of para-hydroxylation sites is 1. The number of hydrogen-bond donors (Lipinski definition) is 1. The third kappa shape index (κ3) is 3.95. The Morgan fingerprint density at radius 2 is 2.00 bits per heavy atom. The van der Waals surface area contributed by atoms with Crippen LogP contribution < -0.4 is 10.1 Å². The van der Waals surface area contributed by atoms with Gasteiger partial charge in [-0.25, -0.2) is 4.98 Å². The molecule has 1 aromatic carbocycles. The average molecular weight is 356 g/mol. The standard InChI is InChI=1S/C14H12BrClN2O2/c1-9(14(19)17-10-5-3-2-4-6-10)20-11-7-8-12(15)18-13(11)16/h2-9H,1H3,(H,17,19). The second kappa shape index (κ2) is 6.72. The Bertz CT molecular complexity index is 607. The first-order valence-corrected chi connectivity index (χ1v) is 7.08. The van der Waals surface area contributed by atoms with Gasteiger partial charge in [0.15, 0.2) is 17.0 Å². The minimum Gasteiger partial charge on any atom is -0.478 e. The number of aromatic nitrogens is 1. The van der Waals surface area contributed by atoms with Crippen molar-refractivity contribution in [3.63, 3.8) is 0 Å². The molecule has 1 atom stereocenters. The number of hydrogen-bond acceptors (Lipinski definition) is 3. The van der Waals surface area contributed by atoms with Crippen LogP contribution in [0.1, 0.15) is 6.92 Å². The molecule has 0 fully saturated rings. The third-order valence-corrected chi connectivity index (χ3v) is 3.21. The highest BCUT2D eigenvalue weighted by Gasteiger charge is 2.16. The Labute approximate surface area is 130 Å². The number of benzene rings is 1. The summed E-state index contributed by atoms with van der Waals surface area (Å²) in [4.78, 5) is 16.0. The van der Waals surface area contributed by atoms with Gasteiger partial charge in [-0.1, -0.05) is 29.8 Å². The molecular formula is C14H12BrClN2O2. The van der Waals surface area contributed by atoms with Crippen molar-refractivity contribution in [3.8, 4) is 5.75 Å². The first kappa shape index (κ1) is 14.8. The molecule has 0 radical (unpaired) electrons. The maximum atomic E-state index is 12.0. The first-order chi connectivity index (χ1) is 9.56. The third-order valence-electron chi connectivity index (χ3n) is 2.49. The summed E-state index contributed by atoms with van der Waals surface area (Å²) in [6.45, 7) is 1.65. The predicted molar refractivity (Wildman–Crippen MR) is 82.1 cm³/mol. The first-order valence-electron chi connectivity index (χ1n) is 5.91. The van der Waals surface area contributed by atoms with E-state index in [4.69, 9.17) is 16.3 Å². The molecule has 1 N–H and O–H groups in total. The van der Waals surface area contributed by atoms with Crippen LogP contribution in [0.25, 0.3) is 0 Å². The molecule has 0 spiro atoms. The molecule has 1 heterocycles. The smallest absolute Gasteiger partial charge is 0.265 e. The van der Waals surface area contributed by atoms with Crippen molar-refractivity contribution in [2.75, 3.05) is 5.32 Å². The highest BCUT2D eigenvalue weighted by Crippen LogP contribution is 2.25. The molecule has 0 aliphatic heterocycles. The van der Waals surface area contributed by atoms with E-state index in [1.807, 2.05) is 18.2 Å². The van der Waals surface area contributed by atoms with E-state index in [2.05, 4.69) is 26.2 Å². The fourth-order valence-electron chi connectivity index (χ4n) is 1.50. The maximum Gasteiger partial charge on any atom is 0.265 e. The lowest BCUT2D eigenvalue weighted by molar-refractivity contribution is -0.122. The summed E-state index contributed by atoms with van der Waals surface area (Å²) in [5.41, 5.74) is 0.716. The fraction of sp³-hybridized carbons (Fsp3) is 0.143. The number of pyridine rings is 1.